The highest BCUT2D eigenvalue weighted by Gasteiger charge is 2.31. The van der Waals surface area contributed by atoms with Crippen LogP contribution in [0.5, 0.6) is 0 Å². The molecule has 16 heavy (non-hydrogen) atoms. The van der Waals surface area contributed by atoms with Crippen LogP contribution in [0.1, 0.15) is 25.7 Å². The van der Waals surface area contributed by atoms with Crippen molar-refractivity contribution < 1.29 is 9.59 Å². The molecule has 2 aliphatic rings. The second kappa shape index (κ2) is 4.20. The minimum Gasteiger partial charge on any atom is -0.274 e. The van der Waals surface area contributed by atoms with Gasteiger partial charge in [-0.05, 0) is 24.4 Å². The predicted octanol–water partition coefficient (Wildman–Crippen LogP) is 2.01. The summed E-state index contributed by atoms with van der Waals surface area (Å²) in [6, 6.07) is 0. The number of carbonyl (C=O) groups is 2. The van der Waals surface area contributed by atoms with Crippen molar-refractivity contribution in [2.45, 2.75) is 25.7 Å². The number of hydrogen-bond donors (Lipinski definition) is 0. The molecule has 0 aromatic heterocycles. The van der Waals surface area contributed by atoms with Crippen LogP contribution >= 0.6 is 0 Å². The highest BCUT2D eigenvalue weighted by Crippen LogP contribution is 2.26. The summed E-state index contributed by atoms with van der Waals surface area (Å²) in [6.45, 7) is 0. The fourth-order valence-corrected chi connectivity index (χ4v) is 1.86. The first kappa shape index (κ1) is 10.4. The smallest absolute Gasteiger partial charge is 0.234 e. The van der Waals surface area contributed by atoms with E-state index in [1.54, 1.807) is 12.2 Å². The Balaban J connectivity index is 2.27. The summed E-state index contributed by atoms with van der Waals surface area (Å²) < 4.78 is 0. The average molecular weight is 218 g/mol. The van der Waals surface area contributed by atoms with Gasteiger partial charge in [0.25, 0.3) is 0 Å². The van der Waals surface area contributed by atoms with Crippen molar-refractivity contribution in [3.05, 3.63) is 34.0 Å². The van der Waals surface area contributed by atoms with Crippen molar-refractivity contribution in [3.8, 4) is 0 Å². The summed E-state index contributed by atoms with van der Waals surface area (Å²) in [4.78, 5) is 26.9. The molecule has 1 saturated heterocycles. The van der Waals surface area contributed by atoms with Gasteiger partial charge in [0.05, 0.1) is 0 Å². The number of nitrogens with zero attached hydrogens (tertiary/aromatic N) is 4. The Morgan fingerprint density at radius 3 is 2.56 bits per heavy atom. The third-order valence-corrected chi connectivity index (χ3v) is 2.57. The van der Waals surface area contributed by atoms with Crippen LogP contribution < -0.4 is 0 Å². The van der Waals surface area contributed by atoms with E-state index in [0.717, 1.165) is 0 Å². The minimum absolute atomic E-state index is 0.168. The SMILES string of the molecule is [N-]=[N+]=NC1=CCCC(N2C(=O)CCC2=O)=C1. The van der Waals surface area contributed by atoms with E-state index in [4.69, 9.17) is 5.53 Å². The van der Waals surface area contributed by atoms with Gasteiger partial charge < -0.3 is 0 Å². The number of imide groups is 1. The molecule has 0 spiro atoms. The molecule has 6 heteroatoms. The number of carbonyl (C=O) groups excluding carboxylic acids is 2. The Hall–Kier alpha value is -2.07. The maximum absolute atomic E-state index is 11.5. The molecule has 1 heterocycles. The summed E-state index contributed by atoms with van der Waals surface area (Å²) in [7, 11) is 0. The fourth-order valence-electron chi connectivity index (χ4n) is 1.86. The van der Waals surface area contributed by atoms with Crippen molar-refractivity contribution in [1.82, 2.24) is 4.90 Å². The Bertz CT molecular complexity index is 441. The van der Waals surface area contributed by atoms with Crippen molar-refractivity contribution >= 4 is 11.8 Å². The number of likely N-dealkylation sites (tertiary alicyclic amines) is 1. The molecular formula is C10H10N4O2. The van der Waals surface area contributed by atoms with Gasteiger partial charge in [0.1, 0.15) is 0 Å². The van der Waals surface area contributed by atoms with Gasteiger partial charge in [0, 0.05) is 29.1 Å². The highest BCUT2D eigenvalue weighted by atomic mass is 16.2. The maximum atomic E-state index is 11.5. The zero-order valence-electron chi connectivity index (χ0n) is 8.59. The Morgan fingerprint density at radius 2 is 1.94 bits per heavy atom. The summed E-state index contributed by atoms with van der Waals surface area (Å²) >= 11 is 0. The molecule has 6 nitrogen and oxygen atoms in total. The van der Waals surface area contributed by atoms with Crippen LogP contribution in [0.4, 0.5) is 0 Å². The molecule has 1 fully saturated rings. The third-order valence-electron chi connectivity index (χ3n) is 2.57. The molecule has 1 aliphatic carbocycles. The molecule has 82 valence electrons. The first-order valence-electron chi connectivity index (χ1n) is 5.04. The lowest BCUT2D eigenvalue weighted by atomic mass is 10.1. The summed E-state index contributed by atoms with van der Waals surface area (Å²) in [6.07, 6.45) is 5.24. The number of allylic oxidation sites excluding steroid dienone is 3. The number of azide groups is 1. The van der Waals surface area contributed by atoms with Crippen LogP contribution in [-0.4, -0.2) is 16.7 Å². The first-order chi connectivity index (χ1) is 7.72. The third kappa shape index (κ3) is 1.83. The van der Waals surface area contributed by atoms with Crippen LogP contribution in [0, 0.1) is 0 Å². The molecular weight excluding hydrogens is 208 g/mol. The number of amides is 2. The Labute approximate surface area is 91.8 Å². The molecule has 0 bridgehead atoms. The van der Waals surface area contributed by atoms with Gasteiger partial charge in [-0.2, -0.15) is 0 Å². The molecule has 0 N–H and O–H groups in total. The van der Waals surface area contributed by atoms with E-state index >= 15 is 0 Å². The lowest BCUT2D eigenvalue weighted by molar-refractivity contribution is -0.136. The lowest BCUT2D eigenvalue weighted by Gasteiger charge is -2.20. The van der Waals surface area contributed by atoms with Gasteiger partial charge in [0.2, 0.25) is 11.8 Å². The van der Waals surface area contributed by atoms with Crippen LogP contribution in [0.15, 0.2) is 28.7 Å². The summed E-state index contributed by atoms with van der Waals surface area (Å²) in [5.41, 5.74) is 9.42. The zero-order chi connectivity index (χ0) is 11.5. The molecule has 1 aliphatic heterocycles. The molecule has 0 atom stereocenters. The summed E-state index contributed by atoms with van der Waals surface area (Å²) in [5, 5.41) is 3.47. The van der Waals surface area contributed by atoms with Gasteiger partial charge >= 0.3 is 0 Å². The molecule has 2 amide bonds. The molecule has 0 saturated carbocycles. The van der Waals surface area contributed by atoms with Crippen molar-refractivity contribution in [3.63, 3.8) is 0 Å². The molecule has 0 aromatic carbocycles. The van der Waals surface area contributed by atoms with E-state index in [-0.39, 0.29) is 24.7 Å². The second-order valence-electron chi connectivity index (χ2n) is 3.62. The van der Waals surface area contributed by atoms with E-state index in [0.29, 0.717) is 24.2 Å². The standard InChI is InChI=1S/C10H10N4O2/c11-13-12-7-2-1-3-8(6-7)14-9(15)4-5-10(14)16/h2,6H,1,3-5H2. The van der Waals surface area contributed by atoms with E-state index < -0.39 is 0 Å². The van der Waals surface area contributed by atoms with E-state index in [1.165, 1.54) is 4.90 Å². The van der Waals surface area contributed by atoms with Crippen molar-refractivity contribution in [1.29, 1.82) is 0 Å². The summed E-state index contributed by atoms with van der Waals surface area (Å²) in [5.74, 6) is -0.336. The maximum Gasteiger partial charge on any atom is 0.234 e. The molecule has 0 aromatic rings. The van der Waals surface area contributed by atoms with Crippen LogP contribution in [0.25, 0.3) is 10.4 Å². The van der Waals surface area contributed by atoms with Crippen molar-refractivity contribution in [2.75, 3.05) is 0 Å². The highest BCUT2D eigenvalue weighted by molar-refractivity contribution is 6.03. The van der Waals surface area contributed by atoms with Gasteiger partial charge in [0.15, 0.2) is 0 Å². The molecule has 0 unspecified atom stereocenters. The Morgan fingerprint density at radius 1 is 1.25 bits per heavy atom. The fraction of sp³-hybridized carbons (Fsp3) is 0.400. The van der Waals surface area contributed by atoms with E-state index in [9.17, 15) is 9.59 Å². The minimum atomic E-state index is -0.168. The molecule has 2 rings (SSSR count). The first-order valence-corrected chi connectivity index (χ1v) is 5.04. The van der Waals surface area contributed by atoms with Gasteiger partial charge in [-0.1, -0.05) is 11.2 Å². The van der Waals surface area contributed by atoms with Gasteiger partial charge in [-0.3, -0.25) is 14.5 Å². The van der Waals surface area contributed by atoms with Gasteiger partial charge in [-0.25, -0.2) is 0 Å². The second-order valence-corrected chi connectivity index (χ2v) is 3.62. The quantitative estimate of drug-likeness (QED) is 0.307. The van der Waals surface area contributed by atoms with Gasteiger partial charge in [-0.15, -0.1) is 0 Å². The number of rotatable bonds is 2. The number of hydrogen-bond acceptors (Lipinski definition) is 3. The van der Waals surface area contributed by atoms with E-state index in [1.807, 2.05) is 0 Å². The van der Waals surface area contributed by atoms with Crippen LogP contribution in [0.2, 0.25) is 0 Å². The normalized spacial score (nSPS) is 20.4. The largest absolute Gasteiger partial charge is 0.274 e. The average Bonchev–Trinajstić information content (AvgIpc) is 2.59. The van der Waals surface area contributed by atoms with E-state index in [2.05, 4.69) is 10.0 Å². The van der Waals surface area contributed by atoms with Crippen LogP contribution in [-0.2, 0) is 9.59 Å². The predicted molar refractivity (Wildman–Crippen MR) is 55.6 cm³/mol. The monoisotopic (exact) mass is 218 g/mol. The molecule has 0 radical (unpaired) electrons. The van der Waals surface area contributed by atoms with Crippen molar-refractivity contribution in [2.24, 2.45) is 5.11 Å². The Kier molecular flexibility index (Phi) is 2.74. The topological polar surface area (TPSA) is 86.1 Å². The lowest BCUT2D eigenvalue weighted by Crippen LogP contribution is -2.28. The zero-order valence-corrected chi connectivity index (χ0v) is 8.59. The van der Waals surface area contributed by atoms with Crippen LogP contribution in [0.3, 0.4) is 0 Å².